The van der Waals surface area contributed by atoms with Crippen molar-refractivity contribution in [1.29, 1.82) is 0 Å². The minimum absolute atomic E-state index is 0.715. The number of aromatic nitrogens is 1. The summed E-state index contributed by atoms with van der Waals surface area (Å²) in [6, 6.07) is 2.11. The average molecular weight is 308 g/mol. The molecule has 0 bridgehead atoms. The normalized spacial score (nSPS) is 11.7. The van der Waals surface area contributed by atoms with Crippen molar-refractivity contribution < 1.29 is 0 Å². The van der Waals surface area contributed by atoms with Gasteiger partial charge in [-0.2, -0.15) is 11.3 Å². The van der Waals surface area contributed by atoms with E-state index in [1.807, 2.05) is 14.0 Å². The van der Waals surface area contributed by atoms with E-state index >= 15 is 0 Å². The molecule has 0 spiro atoms. The van der Waals surface area contributed by atoms with Crippen LogP contribution in [0.4, 0.5) is 0 Å². The van der Waals surface area contributed by atoms with Crippen LogP contribution in [-0.2, 0) is 13.1 Å². The number of thiophene rings is 1. The second-order valence-corrected chi connectivity index (χ2v) is 6.36. The molecule has 2 aromatic heterocycles. The first-order valence-electron chi connectivity index (χ1n) is 6.60. The first-order valence-corrected chi connectivity index (χ1v) is 8.42. The average Bonchev–Trinajstić information content (AvgIpc) is 3.06. The van der Waals surface area contributed by atoms with Crippen molar-refractivity contribution in [3.63, 3.8) is 0 Å². The minimum Gasteiger partial charge on any atom is -0.357 e. The maximum absolute atomic E-state index is 4.67. The van der Waals surface area contributed by atoms with Crippen LogP contribution in [0, 0.1) is 6.92 Å². The van der Waals surface area contributed by atoms with Crippen LogP contribution in [0.2, 0.25) is 0 Å². The molecule has 20 heavy (non-hydrogen) atoms. The van der Waals surface area contributed by atoms with Gasteiger partial charge in [0.05, 0.1) is 23.8 Å². The smallest absolute Gasteiger partial charge is 0.194 e. The number of nitrogens with zero attached hydrogens (tertiary/aromatic N) is 3. The van der Waals surface area contributed by atoms with Crippen LogP contribution in [0.25, 0.3) is 0 Å². The molecule has 0 aliphatic rings. The zero-order valence-corrected chi connectivity index (χ0v) is 13.7. The number of guanidine groups is 1. The summed E-state index contributed by atoms with van der Waals surface area (Å²) in [6.45, 7) is 6.47. The molecule has 2 rings (SSSR count). The summed E-state index contributed by atoms with van der Waals surface area (Å²) >= 11 is 3.39. The number of rotatable bonds is 5. The third-order valence-electron chi connectivity index (χ3n) is 2.75. The number of aliphatic imine (C=N–C) groups is 1. The lowest BCUT2D eigenvalue weighted by atomic mass is 10.3. The van der Waals surface area contributed by atoms with E-state index in [0.29, 0.717) is 6.54 Å². The van der Waals surface area contributed by atoms with Crippen LogP contribution in [-0.4, -0.2) is 29.4 Å². The Morgan fingerprint density at radius 3 is 2.90 bits per heavy atom. The van der Waals surface area contributed by atoms with Gasteiger partial charge in [-0.1, -0.05) is 0 Å². The van der Waals surface area contributed by atoms with Gasteiger partial charge in [0.15, 0.2) is 5.96 Å². The van der Waals surface area contributed by atoms with E-state index in [-0.39, 0.29) is 0 Å². The molecule has 4 nitrogen and oxygen atoms in total. The molecular weight excluding hydrogens is 288 g/mol. The van der Waals surface area contributed by atoms with Crippen molar-refractivity contribution in [2.24, 2.45) is 4.99 Å². The maximum Gasteiger partial charge on any atom is 0.194 e. The molecule has 0 aliphatic carbocycles. The monoisotopic (exact) mass is 308 g/mol. The lowest BCUT2D eigenvalue weighted by molar-refractivity contribution is 0.471. The molecule has 0 fully saturated rings. The summed E-state index contributed by atoms with van der Waals surface area (Å²) in [5.41, 5.74) is 2.35. The highest BCUT2D eigenvalue weighted by Gasteiger charge is 2.08. The van der Waals surface area contributed by atoms with Gasteiger partial charge in [-0.25, -0.2) is 9.98 Å². The predicted octanol–water partition coefficient (Wildman–Crippen LogP) is 3.11. The van der Waals surface area contributed by atoms with Crippen molar-refractivity contribution in [3.8, 4) is 0 Å². The summed E-state index contributed by atoms with van der Waals surface area (Å²) in [6.07, 6.45) is 0. The van der Waals surface area contributed by atoms with Gasteiger partial charge >= 0.3 is 0 Å². The molecule has 0 saturated heterocycles. The van der Waals surface area contributed by atoms with E-state index in [0.717, 1.165) is 29.8 Å². The third-order valence-corrected chi connectivity index (χ3v) is 4.31. The van der Waals surface area contributed by atoms with E-state index in [9.17, 15) is 0 Å². The summed E-state index contributed by atoms with van der Waals surface area (Å²) in [4.78, 5) is 11.3. The molecule has 1 N–H and O–H groups in total. The molecule has 0 radical (unpaired) electrons. The topological polar surface area (TPSA) is 40.5 Å². The van der Waals surface area contributed by atoms with Crippen molar-refractivity contribution in [2.45, 2.75) is 26.9 Å². The van der Waals surface area contributed by atoms with Gasteiger partial charge in [0.2, 0.25) is 0 Å². The van der Waals surface area contributed by atoms with Gasteiger partial charge in [0.25, 0.3) is 0 Å². The van der Waals surface area contributed by atoms with E-state index in [4.69, 9.17) is 0 Å². The lowest BCUT2D eigenvalue weighted by Gasteiger charge is -2.21. The second-order valence-electron chi connectivity index (χ2n) is 4.52. The fourth-order valence-electron chi connectivity index (χ4n) is 1.82. The van der Waals surface area contributed by atoms with Gasteiger partial charge in [0.1, 0.15) is 0 Å². The fraction of sp³-hybridized carbons (Fsp3) is 0.429. The Balaban J connectivity index is 2.01. The summed E-state index contributed by atoms with van der Waals surface area (Å²) in [7, 11) is 2.05. The van der Waals surface area contributed by atoms with E-state index in [2.05, 4.69) is 49.3 Å². The highest BCUT2D eigenvalue weighted by Crippen LogP contribution is 2.11. The van der Waals surface area contributed by atoms with E-state index in [1.54, 1.807) is 22.7 Å². The Hall–Kier alpha value is -1.40. The number of hydrogen-bond donors (Lipinski definition) is 1. The second kappa shape index (κ2) is 7.40. The molecule has 0 saturated carbocycles. The first kappa shape index (κ1) is 15.0. The zero-order valence-electron chi connectivity index (χ0n) is 12.1. The predicted molar refractivity (Wildman–Crippen MR) is 87.5 cm³/mol. The van der Waals surface area contributed by atoms with Crippen molar-refractivity contribution in [1.82, 2.24) is 15.2 Å². The molecule has 0 amide bonds. The van der Waals surface area contributed by atoms with Crippen molar-refractivity contribution in [2.75, 3.05) is 13.6 Å². The SMILES string of the molecule is CCNC(=NCc1ccsc1)N(C)Cc1csc(C)n1. The Morgan fingerprint density at radius 2 is 2.30 bits per heavy atom. The molecule has 2 aromatic rings. The van der Waals surface area contributed by atoms with E-state index < -0.39 is 0 Å². The summed E-state index contributed by atoms with van der Waals surface area (Å²) in [5, 5.41) is 10.8. The van der Waals surface area contributed by atoms with Gasteiger partial charge in [-0.15, -0.1) is 11.3 Å². The quantitative estimate of drug-likeness (QED) is 0.681. The van der Waals surface area contributed by atoms with Crippen LogP contribution in [0.1, 0.15) is 23.2 Å². The minimum atomic E-state index is 0.715. The van der Waals surface area contributed by atoms with Gasteiger partial charge in [-0.3, -0.25) is 0 Å². The lowest BCUT2D eigenvalue weighted by Crippen LogP contribution is -2.38. The molecule has 0 atom stereocenters. The number of thiazole rings is 1. The van der Waals surface area contributed by atoms with Gasteiger partial charge < -0.3 is 10.2 Å². The van der Waals surface area contributed by atoms with Crippen molar-refractivity contribution in [3.05, 3.63) is 38.5 Å². The highest BCUT2D eigenvalue weighted by molar-refractivity contribution is 7.09. The number of aryl methyl sites for hydroxylation is 1. The molecule has 2 heterocycles. The molecular formula is C14H20N4S2. The fourth-order valence-corrected chi connectivity index (χ4v) is 3.08. The van der Waals surface area contributed by atoms with Crippen LogP contribution in [0.3, 0.4) is 0 Å². The first-order chi connectivity index (χ1) is 9.69. The Bertz CT molecular complexity index is 545. The third kappa shape index (κ3) is 4.31. The molecule has 0 unspecified atom stereocenters. The van der Waals surface area contributed by atoms with Gasteiger partial charge in [-0.05, 0) is 36.2 Å². The molecule has 0 aromatic carbocycles. The molecule has 6 heteroatoms. The summed E-state index contributed by atoms with van der Waals surface area (Å²) < 4.78 is 0. The van der Waals surface area contributed by atoms with Crippen LogP contribution < -0.4 is 5.32 Å². The largest absolute Gasteiger partial charge is 0.357 e. The highest BCUT2D eigenvalue weighted by atomic mass is 32.1. The Morgan fingerprint density at radius 1 is 1.45 bits per heavy atom. The zero-order chi connectivity index (χ0) is 14.4. The standard InChI is InChI=1S/C14H20N4S2/c1-4-15-14(16-7-12-5-6-19-9-12)18(3)8-13-10-20-11(2)17-13/h5-6,9-10H,4,7-8H2,1-3H3,(H,15,16). The Labute approximate surface area is 128 Å². The summed E-state index contributed by atoms with van der Waals surface area (Å²) in [5.74, 6) is 0.921. The maximum atomic E-state index is 4.67. The van der Waals surface area contributed by atoms with Crippen LogP contribution >= 0.6 is 22.7 Å². The molecule has 0 aliphatic heterocycles. The number of hydrogen-bond acceptors (Lipinski definition) is 4. The van der Waals surface area contributed by atoms with E-state index in [1.165, 1.54) is 5.56 Å². The van der Waals surface area contributed by atoms with Crippen molar-refractivity contribution >= 4 is 28.6 Å². The molecule has 108 valence electrons. The Kier molecular flexibility index (Phi) is 5.55. The van der Waals surface area contributed by atoms with Crippen LogP contribution in [0.5, 0.6) is 0 Å². The van der Waals surface area contributed by atoms with Gasteiger partial charge in [0, 0.05) is 19.0 Å². The van der Waals surface area contributed by atoms with Crippen LogP contribution in [0.15, 0.2) is 27.2 Å². The number of nitrogens with one attached hydrogen (secondary N) is 1.